The van der Waals surface area contributed by atoms with E-state index >= 15 is 0 Å². The van der Waals surface area contributed by atoms with Gasteiger partial charge in [-0.1, -0.05) is 5.10 Å². The molecule has 2 rings (SSSR count). The van der Waals surface area contributed by atoms with Gasteiger partial charge < -0.3 is 4.74 Å². The first-order valence-electron chi connectivity index (χ1n) is 5.38. The number of hydrogen-bond acceptors (Lipinski definition) is 6. The summed E-state index contributed by atoms with van der Waals surface area (Å²) in [6, 6.07) is 1.84. The lowest BCUT2D eigenvalue weighted by atomic mass is 10.3. The van der Waals surface area contributed by atoms with E-state index in [2.05, 4.69) is 25.9 Å². The molecule has 2 N–H and O–H groups in total. The van der Waals surface area contributed by atoms with Crippen LogP contribution in [0.2, 0.25) is 0 Å². The van der Waals surface area contributed by atoms with Crippen molar-refractivity contribution in [2.45, 2.75) is 26.9 Å². The molecular formula is C10H13N5O2S. The Kier molecular flexibility index (Phi) is 3.56. The SMILES string of the molecule is Cc1cc(OC(C)C)c(C(=O)Nc2nn[nH]n2)s1. The molecule has 0 saturated carbocycles. The van der Waals surface area contributed by atoms with Crippen molar-refractivity contribution in [2.24, 2.45) is 0 Å². The Labute approximate surface area is 108 Å². The van der Waals surface area contributed by atoms with E-state index in [9.17, 15) is 4.79 Å². The number of carbonyl (C=O) groups excluding carboxylic acids is 1. The number of amides is 1. The molecule has 0 radical (unpaired) electrons. The Morgan fingerprint density at radius 1 is 1.56 bits per heavy atom. The van der Waals surface area contributed by atoms with Crippen LogP contribution in [0.15, 0.2) is 6.07 Å². The molecule has 96 valence electrons. The van der Waals surface area contributed by atoms with Gasteiger partial charge in [0.1, 0.15) is 10.6 Å². The van der Waals surface area contributed by atoms with Gasteiger partial charge in [-0.3, -0.25) is 10.1 Å². The molecule has 0 aliphatic rings. The van der Waals surface area contributed by atoms with Gasteiger partial charge in [0.2, 0.25) is 0 Å². The molecular weight excluding hydrogens is 254 g/mol. The average Bonchev–Trinajstić information content (AvgIpc) is 2.87. The van der Waals surface area contributed by atoms with E-state index in [0.29, 0.717) is 10.6 Å². The molecule has 1 amide bonds. The van der Waals surface area contributed by atoms with Crippen molar-refractivity contribution in [2.75, 3.05) is 5.32 Å². The van der Waals surface area contributed by atoms with E-state index in [1.807, 2.05) is 26.8 Å². The van der Waals surface area contributed by atoms with Crippen LogP contribution in [0.3, 0.4) is 0 Å². The number of nitrogens with one attached hydrogen (secondary N) is 2. The van der Waals surface area contributed by atoms with Gasteiger partial charge in [-0.25, -0.2) is 0 Å². The van der Waals surface area contributed by atoms with Crippen LogP contribution in [-0.2, 0) is 0 Å². The highest BCUT2D eigenvalue weighted by Crippen LogP contribution is 2.30. The van der Waals surface area contributed by atoms with Crippen LogP contribution in [0.5, 0.6) is 5.75 Å². The molecule has 0 saturated heterocycles. The molecule has 0 aliphatic heterocycles. The monoisotopic (exact) mass is 267 g/mol. The lowest BCUT2D eigenvalue weighted by molar-refractivity contribution is 0.102. The number of thiophene rings is 1. The molecule has 2 aromatic heterocycles. The molecule has 0 atom stereocenters. The third-order valence-corrected chi connectivity index (χ3v) is 2.99. The number of aromatic amines is 1. The average molecular weight is 267 g/mol. The number of rotatable bonds is 4. The zero-order valence-corrected chi connectivity index (χ0v) is 11.0. The summed E-state index contributed by atoms with van der Waals surface area (Å²) in [7, 11) is 0. The fourth-order valence-corrected chi connectivity index (χ4v) is 2.20. The predicted octanol–water partition coefficient (Wildman–Crippen LogP) is 1.61. The van der Waals surface area contributed by atoms with E-state index < -0.39 is 0 Å². The van der Waals surface area contributed by atoms with Crippen molar-refractivity contribution in [3.63, 3.8) is 0 Å². The smallest absolute Gasteiger partial charge is 0.272 e. The third-order valence-electron chi connectivity index (χ3n) is 1.96. The summed E-state index contributed by atoms with van der Waals surface area (Å²) in [6.07, 6.45) is 0.00993. The van der Waals surface area contributed by atoms with Crippen LogP contribution >= 0.6 is 11.3 Å². The normalized spacial score (nSPS) is 10.7. The second-order valence-electron chi connectivity index (χ2n) is 3.91. The Morgan fingerprint density at radius 3 is 2.94 bits per heavy atom. The Balaban J connectivity index is 2.18. The topological polar surface area (TPSA) is 92.8 Å². The molecule has 0 unspecified atom stereocenters. The van der Waals surface area contributed by atoms with E-state index in [1.54, 1.807) is 0 Å². The number of ether oxygens (including phenoxy) is 1. The highest BCUT2D eigenvalue weighted by atomic mass is 32.1. The van der Waals surface area contributed by atoms with Crippen molar-refractivity contribution in [1.29, 1.82) is 0 Å². The summed E-state index contributed by atoms with van der Waals surface area (Å²) in [5.41, 5.74) is 0. The Hall–Kier alpha value is -1.96. The molecule has 7 nitrogen and oxygen atoms in total. The maximum atomic E-state index is 12.0. The first kappa shape index (κ1) is 12.5. The van der Waals surface area contributed by atoms with Crippen LogP contribution < -0.4 is 10.1 Å². The van der Waals surface area contributed by atoms with Gasteiger partial charge in [0.05, 0.1) is 6.10 Å². The largest absolute Gasteiger partial charge is 0.489 e. The quantitative estimate of drug-likeness (QED) is 0.877. The van der Waals surface area contributed by atoms with E-state index in [4.69, 9.17) is 4.74 Å². The second kappa shape index (κ2) is 5.13. The van der Waals surface area contributed by atoms with Crippen LogP contribution in [0.4, 0.5) is 5.95 Å². The fraction of sp³-hybridized carbons (Fsp3) is 0.400. The van der Waals surface area contributed by atoms with Gasteiger partial charge in [0, 0.05) is 4.88 Å². The summed E-state index contributed by atoms with van der Waals surface area (Å²) >= 11 is 1.36. The fourth-order valence-electron chi connectivity index (χ4n) is 1.36. The molecule has 0 fully saturated rings. The zero-order chi connectivity index (χ0) is 13.1. The molecule has 0 aliphatic carbocycles. The second-order valence-corrected chi connectivity index (χ2v) is 5.16. The number of nitrogens with zero attached hydrogens (tertiary/aromatic N) is 3. The first-order chi connectivity index (χ1) is 8.56. The number of carbonyl (C=O) groups is 1. The van der Waals surface area contributed by atoms with Crippen LogP contribution in [0, 0.1) is 6.92 Å². The van der Waals surface area contributed by atoms with Gasteiger partial charge in [0.25, 0.3) is 11.9 Å². The predicted molar refractivity (Wildman–Crippen MR) is 67.0 cm³/mol. The van der Waals surface area contributed by atoms with Gasteiger partial charge in [-0.15, -0.1) is 16.4 Å². The minimum atomic E-state index is -0.301. The zero-order valence-electron chi connectivity index (χ0n) is 10.2. The number of aromatic nitrogens is 4. The van der Waals surface area contributed by atoms with Crippen LogP contribution in [0.1, 0.15) is 28.4 Å². The summed E-state index contributed by atoms with van der Waals surface area (Å²) in [6.45, 7) is 5.74. The van der Waals surface area contributed by atoms with E-state index in [-0.39, 0.29) is 18.0 Å². The van der Waals surface area contributed by atoms with E-state index in [1.165, 1.54) is 11.3 Å². The minimum Gasteiger partial charge on any atom is -0.489 e. The highest BCUT2D eigenvalue weighted by Gasteiger charge is 2.18. The summed E-state index contributed by atoms with van der Waals surface area (Å²) in [5, 5.41) is 15.5. The molecule has 0 spiro atoms. The van der Waals surface area contributed by atoms with Crippen molar-refractivity contribution in [3.05, 3.63) is 15.8 Å². The van der Waals surface area contributed by atoms with Crippen LogP contribution in [0.25, 0.3) is 0 Å². The highest BCUT2D eigenvalue weighted by molar-refractivity contribution is 7.14. The molecule has 0 aromatic carbocycles. The standard InChI is InChI=1S/C10H13N5O2S/c1-5(2)17-7-4-6(3)18-8(7)9(16)11-10-12-14-15-13-10/h4-5H,1-3H3,(H2,11,12,13,14,15,16). The van der Waals surface area contributed by atoms with E-state index in [0.717, 1.165) is 4.88 Å². The van der Waals surface area contributed by atoms with Crippen molar-refractivity contribution >= 4 is 23.2 Å². The Bertz CT molecular complexity index is 534. The lowest BCUT2D eigenvalue weighted by Gasteiger charge is -2.09. The maximum Gasteiger partial charge on any atom is 0.272 e. The molecule has 18 heavy (non-hydrogen) atoms. The number of aryl methyl sites for hydroxylation is 1. The minimum absolute atomic E-state index is 0.00993. The van der Waals surface area contributed by atoms with Crippen molar-refractivity contribution < 1.29 is 9.53 Å². The first-order valence-corrected chi connectivity index (χ1v) is 6.20. The number of anilines is 1. The number of H-pyrrole nitrogens is 1. The molecule has 2 aromatic rings. The van der Waals surface area contributed by atoms with Gasteiger partial charge >= 0.3 is 0 Å². The Morgan fingerprint density at radius 2 is 2.33 bits per heavy atom. The number of hydrogen-bond donors (Lipinski definition) is 2. The molecule has 2 heterocycles. The summed E-state index contributed by atoms with van der Waals surface area (Å²) in [5.74, 6) is 0.417. The number of tetrazole rings is 1. The van der Waals surface area contributed by atoms with Crippen LogP contribution in [-0.4, -0.2) is 32.6 Å². The van der Waals surface area contributed by atoms with Crippen molar-refractivity contribution in [1.82, 2.24) is 20.6 Å². The summed E-state index contributed by atoms with van der Waals surface area (Å²) in [4.78, 5) is 13.5. The molecule has 0 bridgehead atoms. The van der Waals surface area contributed by atoms with Gasteiger partial charge in [-0.05, 0) is 32.1 Å². The summed E-state index contributed by atoms with van der Waals surface area (Å²) < 4.78 is 5.59. The van der Waals surface area contributed by atoms with Gasteiger partial charge in [-0.2, -0.15) is 5.21 Å². The van der Waals surface area contributed by atoms with Crippen molar-refractivity contribution in [3.8, 4) is 5.75 Å². The van der Waals surface area contributed by atoms with Gasteiger partial charge in [0.15, 0.2) is 0 Å². The lowest BCUT2D eigenvalue weighted by Crippen LogP contribution is -2.14. The third kappa shape index (κ3) is 2.83. The molecule has 8 heteroatoms. The maximum absolute atomic E-state index is 12.0.